The van der Waals surface area contributed by atoms with Gasteiger partial charge < -0.3 is 4.42 Å². The zero-order chi connectivity index (χ0) is 13.2. The van der Waals surface area contributed by atoms with E-state index in [9.17, 15) is 0 Å². The molecule has 3 rings (SSSR count). The van der Waals surface area contributed by atoms with Gasteiger partial charge >= 0.3 is 0 Å². The smallest absolute Gasteiger partial charge is 0.147 e. The van der Waals surface area contributed by atoms with Crippen LogP contribution in [0.15, 0.2) is 45.9 Å². The first kappa shape index (κ1) is 12.0. The maximum atomic E-state index is 5.75. The predicted octanol–water partition coefficient (Wildman–Crippen LogP) is 4.16. The summed E-state index contributed by atoms with van der Waals surface area (Å²) in [5.74, 6) is 3.27. The lowest BCUT2D eigenvalue weighted by atomic mass is 10.2. The predicted molar refractivity (Wildman–Crippen MR) is 77.6 cm³/mol. The molecule has 1 heterocycles. The van der Waals surface area contributed by atoms with E-state index in [4.69, 9.17) is 4.42 Å². The number of hydrazone groups is 1. The van der Waals surface area contributed by atoms with E-state index >= 15 is 0 Å². The quantitative estimate of drug-likeness (QED) is 0.657. The minimum atomic E-state index is 0.618. The third-order valence-electron chi connectivity index (χ3n) is 3.56. The minimum Gasteiger partial charge on any atom is -0.460 e. The Morgan fingerprint density at radius 2 is 1.95 bits per heavy atom. The van der Waals surface area contributed by atoms with E-state index in [1.807, 2.05) is 18.2 Å². The summed E-state index contributed by atoms with van der Waals surface area (Å²) in [5.41, 5.74) is 5.21. The molecule has 3 heteroatoms. The molecule has 1 aromatic carbocycles. The van der Waals surface area contributed by atoms with Gasteiger partial charge in [0.2, 0.25) is 0 Å². The van der Waals surface area contributed by atoms with Crippen LogP contribution in [0.5, 0.6) is 0 Å². The Morgan fingerprint density at radius 1 is 1.21 bits per heavy atom. The normalized spacial score (nSPS) is 21.8. The summed E-state index contributed by atoms with van der Waals surface area (Å²) in [6, 6.07) is 12.1. The largest absolute Gasteiger partial charge is 0.460 e. The van der Waals surface area contributed by atoms with Gasteiger partial charge in [-0.1, -0.05) is 24.6 Å². The Bertz CT molecular complexity index is 583. The summed E-state index contributed by atoms with van der Waals surface area (Å²) in [5, 5.41) is 4.18. The molecule has 2 atom stereocenters. The molecule has 1 aliphatic rings. The highest BCUT2D eigenvalue weighted by molar-refractivity contribution is 5.76. The summed E-state index contributed by atoms with van der Waals surface area (Å²) in [4.78, 5) is 0. The van der Waals surface area contributed by atoms with E-state index in [0.717, 1.165) is 23.1 Å². The molecule has 0 amide bonds. The fourth-order valence-electron chi connectivity index (χ4n) is 2.15. The lowest BCUT2D eigenvalue weighted by molar-refractivity contribution is 0.500. The van der Waals surface area contributed by atoms with Crippen LogP contribution in [0, 0.1) is 12.8 Å². The molecule has 0 radical (unpaired) electrons. The first-order valence-electron chi connectivity index (χ1n) is 6.68. The van der Waals surface area contributed by atoms with Crippen molar-refractivity contribution in [1.29, 1.82) is 0 Å². The van der Waals surface area contributed by atoms with Crippen molar-refractivity contribution < 1.29 is 4.42 Å². The molecule has 0 saturated heterocycles. The maximum Gasteiger partial charge on any atom is 0.147 e. The van der Waals surface area contributed by atoms with Crippen molar-refractivity contribution in [2.45, 2.75) is 26.2 Å². The summed E-state index contributed by atoms with van der Waals surface area (Å²) in [6.07, 6.45) is 2.96. The first-order chi connectivity index (χ1) is 9.22. The van der Waals surface area contributed by atoms with Crippen molar-refractivity contribution in [2.75, 3.05) is 5.43 Å². The van der Waals surface area contributed by atoms with Gasteiger partial charge in [0, 0.05) is 5.92 Å². The van der Waals surface area contributed by atoms with E-state index in [-0.39, 0.29) is 0 Å². The number of anilines is 1. The molecule has 0 aliphatic heterocycles. The van der Waals surface area contributed by atoms with E-state index in [1.165, 1.54) is 12.0 Å². The van der Waals surface area contributed by atoms with Crippen LogP contribution in [0.2, 0.25) is 0 Å². The first-order valence-corrected chi connectivity index (χ1v) is 6.68. The molecule has 1 N–H and O–H groups in total. The van der Waals surface area contributed by atoms with Crippen LogP contribution in [-0.4, -0.2) is 6.21 Å². The number of furan rings is 1. The Labute approximate surface area is 113 Å². The van der Waals surface area contributed by atoms with Gasteiger partial charge in [-0.2, -0.15) is 5.10 Å². The molecule has 1 aromatic heterocycles. The average molecular weight is 254 g/mol. The van der Waals surface area contributed by atoms with Crippen molar-refractivity contribution >= 4 is 11.9 Å². The molecule has 1 aliphatic carbocycles. The van der Waals surface area contributed by atoms with Crippen LogP contribution in [0.1, 0.15) is 36.3 Å². The number of nitrogens with one attached hydrogen (secondary N) is 1. The van der Waals surface area contributed by atoms with Gasteiger partial charge in [0.25, 0.3) is 0 Å². The van der Waals surface area contributed by atoms with E-state index in [1.54, 1.807) is 6.21 Å². The van der Waals surface area contributed by atoms with Gasteiger partial charge in [-0.15, -0.1) is 0 Å². The molecule has 19 heavy (non-hydrogen) atoms. The summed E-state index contributed by atoms with van der Waals surface area (Å²) < 4.78 is 5.75. The Balaban J connectivity index is 1.60. The Kier molecular flexibility index (Phi) is 3.11. The number of hydrogen-bond donors (Lipinski definition) is 1. The van der Waals surface area contributed by atoms with Crippen molar-refractivity contribution in [1.82, 2.24) is 0 Å². The number of benzene rings is 1. The zero-order valence-corrected chi connectivity index (χ0v) is 11.3. The van der Waals surface area contributed by atoms with Crippen LogP contribution < -0.4 is 5.43 Å². The highest BCUT2D eigenvalue weighted by Crippen LogP contribution is 2.47. The number of aryl methyl sites for hydroxylation is 1. The zero-order valence-electron chi connectivity index (χ0n) is 11.3. The van der Waals surface area contributed by atoms with Gasteiger partial charge in [-0.25, -0.2) is 0 Å². The van der Waals surface area contributed by atoms with Crippen LogP contribution in [0.3, 0.4) is 0 Å². The summed E-state index contributed by atoms with van der Waals surface area (Å²) in [6.45, 7) is 4.32. The fraction of sp³-hybridized carbons (Fsp3) is 0.312. The highest BCUT2D eigenvalue weighted by Gasteiger charge is 2.36. The minimum absolute atomic E-state index is 0.618. The van der Waals surface area contributed by atoms with Crippen LogP contribution in [-0.2, 0) is 0 Å². The highest BCUT2D eigenvalue weighted by atomic mass is 16.3. The number of nitrogens with zero attached hydrogens (tertiary/aromatic N) is 1. The molecule has 0 bridgehead atoms. The third-order valence-corrected chi connectivity index (χ3v) is 3.56. The van der Waals surface area contributed by atoms with Crippen molar-refractivity contribution in [3.05, 3.63) is 53.5 Å². The van der Waals surface area contributed by atoms with Crippen LogP contribution >= 0.6 is 0 Å². The molecule has 1 fully saturated rings. The van der Waals surface area contributed by atoms with E-state index < -0.39 is 0 Å². The van der Waals surface area contributed by atoms with Gasteiger partial charge in [-0.05, 0) is 43.5 Å². The van der Waals surface area contributed by atoms with Crippen molar-refractivity contribution in [2.24, 2.45) is 11.0 Å². The van der Waals surface area contributed by atoms with Gasteiger partial charge in [-0.3, -0.25) is 5.43 Å². The SMILES string of the molecule is Cc1ccc(N/N=C\c2ccc([C@H]3C[C@H]3C)o2)cc1. The fourth-order valence-corrected chi connectivity index (χ4v) is 2.15. The molecule has 98 valence electrons. The van der Waals surface area contributed by atoms with Gasteiger partial charge in [0.15, 0.2) is 0 Å². The summed E-state index contributed by atoms with van der Waals surface area (Å²) >= 11 is 0. The molecule has 1 saturated carbocycles. The van der Waals surface area contributed by atoms with Crippen LogP contribution in [0.25, 0.3) is 0 Å². The van der Waals surface area contributed by atoms with Crippen molar-refractivity contribution in [3.8, 4) is 0 Å². The standard InChI is InChI=1S/C16H18N2O/c1-11-3-5-13(6-4-11)18-17-10-14-7-8-16(19-14)15-9-12(15)2/h3-8,10,12,15,18H,9H2,1-2H3/b17-10-/t12-,15+/m1/s1. The molecule has 0 unspecified atom stereocenters. The molecule has 0 spiro atoms. The molecular formula is C16H18N2O. The average Bonchev–Trinajstić information content (AvgIpc) is 2.96. The monoisotopic (exact) mass is 254 g/mol. The lowest BCUT2D eigenvalue weighted by Crippen LogP contribution is -1.89. The second-order valence-corrected chi connectivity index (χ2v) is 5.30. The Morgan fingerprint density at radius 3 is 2.63 bits per heavy atom. The van der Waals surface area contributed by atoms with E-state index in [0.29, 0.717) is 5.92 Å². The summed E-state index contributed by atoms with van der Waals surface area (Å²) in [7, 11) is 0. The van der Waals surface area contributed by atoms with Crippen molar-refractivity contribution in [3.63, 3.8) is 0 Å². The Hall–Kier alpha value is -2.03. The second kappa shape index (κ2) is 4.92. The van der Waals surface area contributed by atoms with Gasteiger partial charge in [0.1, 0.15) is 11.5 Å². The van der Waals surface area contributed by atoms with E-state index in [2.05, 4.69) is 42.6 Å². The number of rotatable bonds is 4. The van der Waals surface area contributed by atoms with Gasteiger partial charge in [0.05, 0.1) is 11.9 Å². The number of hydrogen-bond acceptors (Lipinski definition) is 3. The van der Waals surface area contributed by atoms with Crippen LogP contribution in [0.4, 0.5) is 5.69 Å². The maximum absolute atomic E-state index is 5.75. The second-order valence-electron chi connectivity index (χ2n) is 5.30. The molecular weight excluding hydrogens is 236 g/mol. The lowest BCUT2D eigenvalue weighted by Gasteiger charge is -1.99. The third kappa shape index (κ3) is 2.87. The topological polar surface area (TPSA) is 37.5 Å². The molecule has 3 nitrogen and oxygen atoms in total. The molecule has 2 aromatic rings.